The van der Waals surface area contributed by atoms with Crippen molar-refractivity contribution >= 4 is 15.7 Å². The minimum atomic E-state index is -3.50. The lowest BCUT2D eigenvalue weighted by molar-refractivity contribution is 0.222. The molecule has 3 heterocycles. The second-order valence-electron chi connectivity index (χ2n) is 7.89. The Balaban J connectivity index is 1.71. The smallest absolute Gasteiger partial charge is 0.243 e. The number of piperidine rings is 1. The molecule has 2 unspecified atom stereocenters. The van der Waals surface area contributed by atoms with Crippen LogP contribution < -0.4 is 0 Å². The summed E-state index contributed by atoms with van der Waals surface area (Å²) in [4.78, 5) is 4.98. The molecule has 142 valence electrons. The van der Waals surface area contributed by atoms with Crippen LogP contribution in [-0.2, 0) is 10.0 Å². The Labute approximate surface area is 160 Å². The van der Waals surface area contributed by atoms with Gasteiger partial charge in [0.2, 0.25) is 10.0 Å². The van der Waals surface area contributed by atoms with Gasteiger partial charge in [-0.3, -0.25) is 0 Å². The highest BCUT2D eigenvalue weighted by Gasteiger charge is 2.31. The highest BCUT2D eigenvalue weighted by molar-refractivity contribution is 7.89. The standard InChI is InChI=1S/C21H25N3O2S/c1-15-7-8-21-22-20(14-23(21)11-15)18-5-4-6-19(10-18)27(25,26)24-12-16(2)9-17(3)13-24/h4-8,10-11,14,16-17H,9,12-13H2,1-3H3. The number of aromatic nitrogens is 2. The zero-order chi connectivity index (χ0) is 19.2. The Kier molecular flexibility index (Phi) is 4.56. The van der Waals surface area contributed by atoms with Crippen LogP contribution in [-0.4, -0.2) is 35.2 Å². The molecule has 0 spiro atoms. The molecule has 3 aromatic rings. The number of aryl methyl sites for hydroxylation is 1. The van der Waals surface area contributed by atoms with Crippen LogP contribution in [0.1, 0.15) is 25.8 Å². The van der Waals surface area contributed by atoms with Crippen molar-refractivity contribution in [2.45, 2.75) is 32.1 Å². The van der Waals surface area contributed by atoms with Gasteiger partial charge in [0.05, 0.1) is 10.6 Å². The lowest BCUT2D eigenvalue weighted by atomic mass is 9.94. The maximum atomic E-state index is 13.2. The van der Waals surface area contributed by atoms with E-state index in [9.17, 15) is 8.42 Å². The van der Waals surface area contributed by atoms with Crippen molar-refractivity contribution in [3.05, 3.63) is 54.4 Å². The first-order valence-electron chi connectivity index (χ1n) is 9.39. The normalized spacial score (nSPS) is 21.6. The first-order valence-corrected chi connectivity index (χ1v) is 10.8. The molecular weight excluding hydrogens is 358 g/mol. The summed E-state index contributed by atoms with van der Waals surface area (Å²) < 4.78 is 30.0. The third kappa shape index (κ3) is 3.51. The molecule has 2 atom stereocenters. The molecule has 0 saturated carbocycles. The molecule has 4 rings (SSSR count). The zero-order valence-corrected chi connectivity index (χ0v) is 16.8. The molecule has 1 saturated heterocycles. The largest absolute Gasteiger partial charge is 0.306 e. The van der Waals surface area contributed by atoms with E-state index in [2.05, 4.69) is 18.8 Å². The molecule has 1 aliphatic heterocycles. The molecule has 0 N–H and O–H groups in total. The van der Waals surface area contributed by atoms with E-state index in [-0.39, 0.29) is 0 Å². The molecule has 5 nitrogen and oxygen atoms in total. The number of sulfonamides is 1. The van der Waals surface area contributed by atoms with Crippen molar-refractivity contribution in [3.8, 4) is 11.3 Å². The van der Waals surface area contributed by atoms with Gasteiger partial charge >= 0.3 is 0 Å². The summed E-state index contributed by atoms with van der Waals surface area (Å²) in [6.07, 6.45) is 5.04. The van der Waals surface area contributed by atoms with E-state index in [1.807, 2.05) is 41.9 Å². The molecule has 0 radical (unpaired) electrons. The number of benzene rings is 1. The van der Waals surface area contributed by atoms with Gasteiger partial charge in [0.25, 0.3) is 0 Å². The quantitative estimate of drug-likeness (QED) is 0.687. The van der Waals surface area contributed by atoms with Crippen LogP contribution >= 0.6 is 0 Å². The summed E-state index contributed by atoms with van der Waals surface area (Å²) >= 11 is 0. The van der Waals surface area contributed by atoms with Gasteiger partial charge in [-0.1, -0.05) is 32.0 Å². The second kappa shape index (κ2) is 6.77. The van der Waals surface area contributed by atoms with Gasteiger partial charge in [-0.15, -0.1) is 0 Å². The summed E-state index contributed by atoms with van der Waals surface area (Å²) in [6.45, 7) is 7.45. The van der Waals surface area contributed by atoms with Gasteiger partial charge < -0.3 is 4.40 Å². The number of rotatable bonds is 3. The van der Waals surface area contributed by atoms with Crippen molar-refractivity contribution in [2.24, 2.45) is 11.8 Å². The highest BCUT2D eigenvalue weighted by atomic mass is 32.2. The monoisotopic (exact) mass is 383 g/mol. The molecule has 0 amide bonds. The van der Waals surface area contributed by atoms with Gasteiger partial charge in [0.1, 0.15) is 5.65 Å². The molecule has 6 heteroatoms. The van der Waals surface area contributed by atoms with Crippen LogP contribution in [0.5, 0.6) is 0 Å². The lowest BCUT2D eigenvalue weighted by Gasteiger charge is -2.34. The molecule has 0 bridgehead atoms. The van der Waals surface area contributed by atoms with E-state index in [0.29, 0.717) is 29.8 Å². The third-order valence-corrected chi connectivity index (χ3v) is 7.03. The van der Waals surface area contributed by atoms with Crippen molar-refractivity contribution in [1.29, 1.82) is 0 Å². The van der Waals surface area contributed by atoms with Gasteiger partial charge in [-0.25, -0.2) is 13.4 Å². The summed E-state index contributed by atoms with van der Waals surface area (Å²) in [6, 6.07) is 11.1. The first kappa shape index (κ1) is 18.2. The van der Waals surface area contributed by atoms with Crippen LogP contribution in [0.15, 0.2) is 53.7 Å². The first-order chi connectivity index (χ1) is 12.8. The summed E-state index contributed by atoms with van der Waals surface area (Å²) in [7, 11) is -3.50. The van der Waals surface area contributed by atoms with Crippen molar-refractivity contribution in [1.82, 2.24) is 13.7 Å². The van der Waals surface area contributed by atoms with Crippen LogP contribution in [0.3, 0.4) is 0 Å². The van der Waals surface area contributed by atoms with E-state index in [0.717, 1.165) is 28.9 Å². The molecule has 1 aromatic carbocycles. The highest BCUT2D eigenvalue weighted by Crippen LogP contribution is 2.29. The van der Waals surface area contributed by atoms with E-state index in [4.69, 9.17) is 0 Å². The van der Waals surface area contributed by atoms with Crippen LogP contribution in [0, 0.1) is 18.8 Å². The average molecular weight is 384 g/mol. The number of fused-ring (bicyclic) bond motifs is 1. The second-order valence-corrected chi connectivity index (χ2v) is 9.83. The average Bonchev–Trinajstić information content (AvgIpc) is 3.04. The third-order valence-electron chi connectivity index (χ3n) is 5.20. The number of hydrogen-bond donors (Lipinski definition) is 0. The number of hydrogen-bond acceptors (Lipinski definition) is 3. The maximum Gasteiger partial charge on any atom is 0.243 e. The fourth-order valence-electron chi connectivity index (χ4n) is 4.01. The van der Waals surface area contributed by atoms with Gasteiger partial charge in [0.15, 0.2) is 0 Å². The fraction of sp³-hybridized carbons (Fsp3) is 0.381. The minimum Gasteiger partial charge on any atom is -0.306 e. The molecular formula is C21H25N3O2S. The predicted octanol–water partition coefficient (Wildman–Crippen LogP) is 3.98. The van der Waals surface area contributed by atoms with Gasteiger partial charge in [-0.05, 0) is 48.9 Å². The fourth-order valence-corrected chi connectivity index (χ4v) is 5.74. The molecule has 1 aliphatic rings. The summed E-state index contributed by atoms with van der Waals surface area (Å²) in [5.41, 5.74) is 3.59. The van der Waals surface area contributed by atoms with Crippen molar-refractivity contribution < 1.29 is 8.42 Å². The topological polar surface area (TPSA) is 54.7 Å². The van der Waals surface area contributed by atoms with Crippen molar-refractivity contribution in [3.63, 3.8) is 0 Å². The Morgan fingerprint density at radius 1 is 1.04 bits per heavy atom. The molecule has 2 aromatic heterocycles. The Bertz CT molecular complexity index is 1080. The number of nitrogens with zero attached hydrogens (tertiary/aromatic N) is 3. The van der Waals surface area contributed by atoms with E-state index in [1.165, 1.54) is 0 Å². The lowest BCUT2D eigenvalue weighted by Crippen LogP contribution is -2.42. The van der Waals surface area contributed by atoms with Gasteiger partial charge in [-0.2, -0.15) is 4.31 Å². The molecule has 1 fully saturated rings. The van der Waals surface area contributed by atoms with E-state index >= 15 is 0 Å². The van der Waals surface area contributed by atoms with Crippen LogP contribution in [0.25, 0.3) is 16.9 Å². The van der Waals surface area contributed by atoms with Crippen molar-refractivity contribution in [2.75, 3.05) is 13.1 Å². The summed E-state index contributed by atoms with van der Waals surface area (Å²) in [5.74, 6) is 0.766. The van der Waals surface area contributed by atoms with Crippen LogP contribution in [0.4, 0.5) is 0 Å². The SMILES string of the molecule is Cc1ccc2nc(-c3cccc(S(=O)(=O)N4CC(C)CC(C)C4)c3)cn2c1. The van der Waals surface area contributed by atoms with Crippen LogP contribution in [0.2, 0.25) is 0 Å². The Morgan fingerprint density at radius 3 is 2.52 bits per heavy atom. The van der Waals surface area contributed by atoms with E-state index in [1.54, 1.807) is 22.5 Å². The number of imidazole rings is 1. The Hall–Kier alpha value is -2.18. The molecule has 0 aliphatic carbocycles. The van der Waals surface area contributed by atoms with Gasteiger partial charge in [0, 0.05) is 31.0 Å². The zero-order valence-electron chi connectivity index (χ0n) is 16.0. The number of pyridine rings is 1. The predicted molar refractivity (Wildman–Crippen MR) is 107 cm³/mol. The summed E-state index contributed by atoms with van der Waals surface area (Å²) in [5, 5.41) is 0. The molecule has 27 heavy (non-hydrogen) atoms. The Morgan fingerprint density at radius 2 is 1.78 bits per heavy atom. The minimum absolute atomic E-state index is 0.342. The van der Waals surface area contributed by atoms with E-state index < -0.39 is 10.0 Å². The maximum absolute atomic E-state index is 13.2.